The minimum atomic E-state index is 0.733. The summed E-state index contributed by atoms with van der Waals surface area (Å²) in [6.45, 7) is 0.907. The molecule has 2 N–H and O–H groups in total. The van der Waals surface area contributed by atoms with E-state index in [1.807, 2.05) is 0 Å². The van der Waals surface area contributed by atoms with Crippen molar-refractivity contribution < 1.29 is 0 Å². The van der Waals surface area contributed by atoms with Crippen molar-refractivity contribution in [2.75, 3.05) is 6.54 Å². The van der Waals surface area contributed by atoms with Crippen molar-refractivity contribution in [1.82, 2.24) is 0 Å². The van der Waals surface area contributed by atoms with Crippen molar-refractivity contribution >= 4 is 0 Å². The van der Waals surface area contributed by atoms with Gasteiger partial charge in [0.1, 0.15) is 0 Å². The summed E-state index contributed by atoms with van der Waals surface area (Å²) in [7, 11) is 0. The van der Waals surface area contributed by atoms with Crippen LogP contribution in [0.25, 0.3) is 0 Å². The molecule has 0 bridgehead atoms. The first-order valence-electron chi connectivity index (χ1n) is 6.05. The Bertz CT molecular complexity index is 155. The van der Waals surface area contributed by atoms with Crippen molar-refractivity contribution in [2.24, 2.45) is 17.1 Å². The Labute approximate surface area is 82.1 Å². The number of rotatable bonds is 5. The van der Waals surface area contributed by atoms with Crippen molar-refractivity contribution in [3.63, 3.8) is 0 Å². The summed E-state index contributed by atoms with van der Waals surface area (Å²) in [5.74, 6) is 1.08. The highest BCUT2D eigenvalue weighted by molar-refractivity contribution is 4.93. The van der Waals surface area contributed by atoms with Gasteiger partial charge in [-0.1, -0.05) is 25.7 Å². The Balaban J connectivity index is 1.66. The molecule has 0 radical (unpaired) electrons. The van der Waals surface area contributed by atoms with Crippen molar-refractivity contribution in [3.05, 3.63) is 0 Å². The Kier molecular flexibility index (Phi) is 2.92. The number of nitrogens with two attached hydrogens (primary N) is 1. The van der Waals surface area contributed by atoms with Gasteiger partial charge in [-0.3, -0.25) is 0 Å². The maximum absolute atomic E-state index is 5.64. The first-order chi connectivity index (χ1) is 6.35. The molecule has 0 unspecified atom stereocenters. The molecule has 1 heteroatoms. The lowest BCUT2D eigenvalue weighted by atomic mass is 9.90. The third kappa shape index (κ3) is 2.46. The van der Waals surface area contributed by atoms with E-state index in [0.29, 0.717) is 0 Å². The van der Waals surface area contributed by atoms with Gasteiger partial charge >= 0.3 is 0 Å². The van der Waals surface area contributed by atoms with Crippen LogP contribution in [0.1, 0.15) is 57.8 Å². The van der Waals surface area contributed by atoms with Crippen LogP contribution in [-0.4, -0.2) is 6.54 Å². The average molecular weight is 181 g/mol. The molecule has 2 saturated carbocycles. The minimum Gasteiger partial charge on any atom is -0.330 e. The van der Waals surface area contributed by atoms with E-state index in [1.165, 1.54) is 57.8 Å². The zero-order valence-electron chi connectivity index (χ0n) is 8.73. The molecule has 2 fully saturated rings. The van der Waals surface area contributed by atoms with Crippen LogP contribution in [0, 0.1) is 11.3 Å². The molecule has 0 aromatic rings. The van der Waals surface area contributed by atoms with Gasteiger partial charge in [0, 0.05) is 0 Å². The van der Waals surface area contributed by atoms with E-state index in [4.69, 9.17) is 5.73 Å². The lowest BCUT2D eigenvalue weighted by molar-refractivity contribution is 0.365. The quantitative estimate of drug-likeness (QED) is 0.693. The SMILES string of the molecule is NCCC1(CCC2CCCC2)CC1. The molecular formula is C12H23N. The summed E-state index contributed by atoms with van der Waals surface area (Å²) >= 11 is 0. The molecule has 0 amide bonds. The summed E-state index contributed by atoms with van der Waals surface area (Å²) in [6, 6.07) is 0. The molecule has 76 valence electrons. The normalized spacial score (nSPS) is 26.5. The Morgan fingerprint density at radius 1 is 1.08 bits per heavy atom. The van der Waals surface area contributed by atoms with Crippen LogP contribution in [0.15, 0.2) is 0 Å². The second-order valence-electron chi connectivity index (χ2n) is 5.23. The first kappa shape index (κ1) is 9.51. The molecule has 0 aromatic carbocycles. The van der Waals surface area contributed by atoms with Gasteiger partial charge in [0.2, 0.25) is 0 Å². The summed E-state index contributed by atoms with van der Waals surface area (Å²) in [5, 5.41) is 0. The second kappa shape index (κ2) is 4.00. The minimum absolute atomic E-state index is 0.733. The number of hydrogen-bond acceptors (Lipinski definition) is 1. The summed E-state index contributed by atoms with van der Waals surface area (Å²) in [6.07, 6.45) is 13.2. The van der Waals surface area contributed by atoms with Crippen molar-refractivity contribution in [1.29, 1.82) is 0 Å². The molecule has 0 saturated heterocycles. The van der Waals surface area contributed by atoms with Crippen molar-refractivity contribution in [3.8, 4) is 0 Å². The second-order valence-corrected chi connectivity index (χ2v) is 5.23. The fraction of sp³-hybridized carbons (Fsp3) is 1.00. The van der Waals surface area contributed by atoms with Gasteiger partial charge in [-0.05, 0) is 50.0 Å². The standard InChI is InChI=1S/C12H23N/c13-10-9-12(7-8-12)6-5-11-3-1-2-4-11/h11H,1-10,13H2. The third-order valence-corrected chi connectivity index (χ3v) is 4.19. The van der Waals surface area contributed by atoms with Gasteiger partial charge < -0.3 is 5.73 Å². The smallest absolute Gasteiger partial charge is 0.00720 e. The van der Waals surface area contributed by atoms with E-state index >= 15 is 0 Å². The van der Waals surface area contributed by atoms with Gasteiger partial charge in [-0.15, -0.1) is 0 Å². The maximum Gasteiger partial charge on any atom is -0.00720 e. The molecule has 2 aliphatic carbocycles. The van der Waals surface area contributed by atoms with Crippen LogP contribution in [0.4, 0.5) is 0 Å². The van der Waals surface area contributed by atoms with Crippen LogP contribution in [0.3, 0.4) is 0 Å². The van der Waals surface area contributed by atoms with Crippen LogP contribution in [-0.2, 0) is 0 Å². The molecule has 13 heavy (non-hydrogen) atoms. The monoisotopic (exact) mass is 181 g/mol. The zero-order chi connectivity index (χ0) is 9.15. The van der Waals surface area contributed by atoms with Crippen molar-refractivity contribution in [2.45, 2.75) is 57.8 Å². The molecule has 2 rings (SSSR count). The predicted molar refractivity (Wildman–Crippen MR) is 56.5 cm³/mol. The van der Waals surface area contributed by atoms with Crippen LogP contribution in [0.5, 0.6) is 0 Å². The van der Waals surface area contributed by atoms with Gasteiger partial charge in [0.25, 0.3) is 0 Å². The number of hydrogen-bond donors (Lipinski definition) is 1. The summed E-state index contributed by atoms with van der Waals surface area (Å²) in [5.41, 5.74) is 6.37. The highest BCUT2D eigenvalue weighted by atomic mass is 14.6. The van der Waals surface area contributed by atoms with Crippen LogP contribution in [0.2, 0.25) is 0 Å². The van der Waals surface area contributed by atoms with E-state index in [0.717, 1.165) is 17.9 Å². The van der Waals surface area contributed by atoms with Gasteiger partial charge in [-0.2, -0.15) is 0 Å². The van der Waals surface area contributed by atoms with Gasteiger partial charge in [0.05, 0.1) is 0 Å². The maximum atomic E-state index is 5.64. The Hall–Kier alpha value is -0.0400. The summed E-state index contributed by atoms with van der Waals surface area (Å²) < 4.78 is 0. The summed E-state index contributed by atoms with van der Waals surface area (Å²) in [4.78, 5) is 0. The molecule has 0 heterocycles. The topological polar surface area (TPSA) is 26.0 Å². The van der Waals surface area contributed by atoms with Gasteiger partial charge in [0.15, 0.2) is 0 Å². The zero-order valence-corrected chi connectivity index (χ0v) is 8.73. The fourth-order valence-corrected chi connectivity index (χ4v) is 2.92. The van der Waals surface area contributed by atoms with Gasteiger partial charge in [-0.25, -0.2) is 0 Å². The first-order valence-corrected chi connectivity index (χ1v) is 6.05. The van der Waals surface area contributed by atoms with E-state index in [9.17, 15) is 0 Å². The van der Waals surface area contributed by atoms with Crippen LogP contribution >= 0.6 is 0 Å². The molecule has 0 aromatic heterocycles. The van der Waals surface area contributed by atoms with E-state index in [-0.39, 0.29) is 0 Å². The molecule has 1 nitrogen and oxygen atoms in total. The molecule has 0 atom stereocenters. The molecular weight excluding hydrogens is 158 g/mol. The molecule has 2 aliphatic rings. The Morgan fingerprint density at radius 3 is 2.31 bits per heavy atom. The van der Waals surface area contributed by atoms with Crippen LogP contribution < -0.4 is 5.73 Å². The Morgan fingerprint density at radius 2 is 1.77 bits per heavy atom. The lowest BCUT2D eigenvalue weighted by Crippen LogP contribution is -2.10. The average Bonchev–Trinajstić information content (AvgIpc) is 2.71. The highest BCUT2D eigenvalue weighted by Gasteiger charge is 2.41. The molecule has 0 aliphatic heterocycles. The fourth-order valence-electron chi connectivity index (χ4n) is 2.92. The molecule has 0 spiro atoms. The lowest BCUT2D eigenvalue weighted by Gasteiger charge is -2.16. The van der Waals surface area contributed by atoms with E-state index < -0.39 is 0 Å². The van der Waals surface area contributed by atoms with E-state index in [1.54, 1.807) is 0 Å². The third-order valence-electron chi connectivity index (χ3n) is 4.19. The largest absolute Gasteiger partial charge is 0.330 e. The highest BCUT2D eigenvalue weighted by Crippen LogP contribution is 2.53. The predicted octanol–water partition coefficient (Wildman–Crippen LogP) is 3.09. The van der Waals surface area contributed by atoms with E-state index in [2.05, 4.69) is 0 Å².